The van der Waals surface area contributed by atoms with Crippen LogP contribution in [0.1, 0.15) is 5.69 Å². The third-order valence-electron chi connectivity index (χ3n) is 3.93. The third-order valence-corrected chi connectivity index (χ3v) is 3.93. The Morgan fingerprint density at radius 3 is 2.50 bits per heavy atom. The van der Waals surface area contributed by atoms with Crippen LogP contribution < -0.4 is 0 Å². The zero-order valence-electron chi connectivity index (χ0n) is 11.8. The van der Waals surface area contributed by atoms with Gasteiger partial charge in [-0.2, -0.15) is 0 Å². The molecule has 1 aromatic carbocycles. The molecule has 106 valence electrons. The van der Waals surface area contributed by atoms with E-state index >= 15 is 0 Å². The van der Waals surface area contributed by atoms with Gasteiger partial charge in [-0.25, -0.2) is 4.39 Å². The first kappa shape index (κ1) is 13.3. The number of para-hydroxylation sites is 1. The summed E-state index contributed by atoms with van der Waals surface area (Å²) in [4.78, 5) is 4.76. The van der Waals surface area contributed by atoms with Crippen molar-refractivity contribution >= 4 is 0 Å². The highest BCUT2D eigenvalue weighted by Crippen LogP contribution is 2.18. The lowest BCUT2D eigenvalue weighted by Gasteiger charge is -2.32. The predicted octanol–water partition coefficient (Wildman–Crippen LogP) is 2.36. The van der Waals surface area contributed by atoms with Gasteiger partial charge in [0.1, 0.15) is 5.82 Å². The molecule has 2 heterocycles. The molecule has 0 N–H and O–H groups in total. The van der Waals surface area contributed by atoms with Gasteiger partial charge in [-0.1, -0.05) is 12.1 Å². The van der Waals surface area contributed by atoms with Crippen molar-refractivity contribution < 1.29 is 4.39 Å². The molecule has 0 amide bonds. The van der Waals surface area contributed by atoms with Gasteiger partial charge in [-0.05, 0) is 31.3 Å². The van der Waals surface area contributed by atoms with Gasteiger partial charge in [0, 0.05) is 44.6 Å². The molecule has 0 bridgehead atoms. The highest BCUT2D eigenvalue weighted by atomic mass is 19.1. The van der Waals surface area contributed by atoms with E-state index in [1.807, 2.05) is 29.0 Å². The number of halogens is 1. The predicted molar refractivity (Wildman–Crippen MR) is 78.5 cm³/mol. The number of aromatic nitrogens is 1. The molecule has 0 saturated carbocycles. The Morgan fingerprint density at radius 2 is 1.75 bits per heavy atom. The molecule has 1 saturated heterocycles. The Labute approximate surface area is 119 Å². The van der Waals surface area contributed by atoms with Gasteiger partial charge in [0.05, 0.1) is 5.69 Å². The van der Waals surface area contributed by atoms with Crippen LogP contribution in [0.5, 0.6) is 0 Å². The van der Waals surface area contributed by atoms with E-state index < -0.39 is 0 Å². The molecule has 0 aliphatic carbocycles. The minimum atomic E-state index is -0.177. The van der Waals surface area contributed by atoms with Gasteiger partial charge >= 0.3 is 0 Å². The molecule has 3 nitrogen and oxygen atoms in total. The molecule has 1 fully saturated rings. The standard InChI is InChI=1S/C16H20FN3/c1-18-9-11-19(12-10-18)13-14-5-4-8-20(14)16-7-3-2-6-15(16)17/h2-8H,9-13H2,1H3. The van der Waals surface area contributed by atoms with E-state index in [4.69, 9.17) is 0 Å². The van der Waals surface area contributed by atoms with Gasteiger partial charge in [0.15, 0.2) is 0 Å². The van der Waals surface area contributed by atoms with Crippen molar-refractivity contribution in [2.45, 2.75) is 6.54 Å². The molecule has 0 unspecified atom stereocenters. The van der Waals surface area contributed by atoms with Crippen LogP contribution in [-0.2, 0) is 6.54 Å². The van der Waals surface area contributed by atoms with Crippen molar-refractivity contribution in [3.05, 3.63) is 54.1 Å². The Hall–Kier alpha value is -1.65. The largest absolute Gasteiger partial charge is 0.317 e. The van der Waals surface area contributed by atoms with Crippen LogP contribution in [0.4, 0.5) is 4.39 Å². The second-order valence-corrected chi connectivity index (χ2v) is 5.40. The SMILES string of the molecule is CN1CCN(Cc2cccn2-c2ccccc2F)CC1. The van der Waals surface area contributed by atoms with Gasteiger partial charge in [0.25, 0.3) is 0 Å². The molecular formula is C16H20FN3. The van der Waals surface area contributed by atoms with Crippen LogP contribution in [0.2, 0.25) is 0 Å². The van der Waals surface area contributed by atoms with Crippen LogP contribution in [0.15, 0.2) is 42.6 Å². The maximum Gasteiger partial charge on any atom is 0.147 e. The number of likely N-dealkylation sites (N-methyl/N-ethyl adjacent to an activating group) is 1. The monoisotopic (exact) mass is 273 g/mol. The zero-order chi connectivity index (χ0) is 13.9. The summed E-state index contributed by atoms with van der Waals surface area (Å²) in [5.74, 6) is -0.177. The van der Waals surface area contributed by atoms with Gasteiger partial charge in [-0.15, -0.1) is 0 Å². The van der Waals surface area contributed by atoms with Crippen molar-refractivity contribution in [1.82, 2.24) is 14.4 Å². The van der Waals surface area contributed by atoms with Crippen molar-refractivity contribution in [3.63, 3.8) is 0 Å². The highest BCUT2D eigenvalue weighted by molar-refractivity contribution is 5.36. The van der Waals surface area contributed by atoms with Crippen molar-refractivity contribution in [1.29, 1.82) is 0 Å². The van der Waals surface area contributed by atoms with Crippen LogP contribution in [0.3, 0.4) is 0 Å². The van der Waals surface area contributed by atoms with E-state index in [0.29, 0.717) is 5.69 Å². The minimum absolute atomic E-state index is 0.177. The summed E-state index contributed by atoms with van der Waals surface area (Å²) < 4.78 is 15.9. The van der Waals surface area contributed by atoms with Gasteiger partial charge in [-0.3, -0.25) is 4.90 Å². The first-order chi connectivity index (χ1) is 9.74. The topological polar surface area (TPSA) is 11.4 Å². The quantitative estimate of drug-likeness (QED) is 0.850. The molecular weight excluding hydrogens is 253 g/mol. The number of piperazine rings is 1. The smallest absolute Gasteiger partial charge is 0.147 e. The van der Waals surface area contributed by atoms with Crippen molar-refractivity contribution in [3.8, 4) is 5.69 Å². The molecule has 1 aromatic heterocycles. The normalized spacial score (nSPS) is 17.5. The van der Waals surface area contributed by atoms with Crippen molar-refractivity contribution in [2.75, 3.05) is 33.2 Å². The van der Waals surface area contributed by atoms with Crippen LogP contribution >= 0.6 is 0 Å². The number of nitrogens with zero attached hydrogens (tertiary/aromatic N) is 3. The van der Waals surface area contributed by atoms with Crippen molar-refractivity contribution in [2.24, 2.45) is 0 Å². The summed E-state index contributed by atoms with van der Waals surface area (Å²) in [6, 6.07) is 11.0. The maximum atomic E-state index is 13.9. The molecule has 3 rings (SSSR count). The Morgan fingerprint density at radius 1 is 1.00 bits per heavy atom. The molecule has 0 spiro atoms. The second kappa shape index (κ2) is 5.77. The van der Waals surface area contributed by atoms with Gasteiger partial charge < -0.3 is 9.47 Å². The van der Waals surface area contributed by atoms with Crippen LogP contribution in [-0.4, -0.2) is 47.6 Å². The van der Waals surface area contributed by atoms with E-state index in [1.54, 1.807) is 6.07 Å². The number of rotatable bonds is 3. The molecule has 1 aliphatic rings. The lowest BCUT2D eigenvalue weighted by Crippen LogP contribution is -2.44. The first-order valence-electron chi connectivity index (χ1n) is 7.06. The first-order valence-corrected chi connectivity index (χ1v) is 7.06. The lowest BCUT2D eigenvalue weighted by atomic mass is 10.2. The van der Waals surface area contributed by atoms with Crippen LogP contribution in [0.25, 0.3) is 5.69 Å². The number of benzene rings is 1. The second-order valence-electron chi connectivity index (χ2n) is 5.40. The number of hydrogen-bond donors (Lipinski definition) is 0. The van der Waals surface area contributed by atoms with E-state index in [0.717, 1.165) is 38.4 Å². The molecule has 4 heteroatoms. The van der Waals surface area contributed by atoms with E-state index in [-0.39, 0.29) is 5.82 Å². The van der Waals surface area contributed by atoms with E-state index in [1.165, 1.54) is 6.07 Å². The Balaban J connectivity index is 1.79. The zero-order valence-corrected chi connectivity index (χ0v) is 11.8. The summed E-state index contributed by atoms with van der Waals surface area (Å²) in [5.41, 5.74) is 1.77. The van der Waals surface area contributed by atoms with E-state index in [2.05, 4.69) is 22.9 Å². The molecule has 1 aliphatic heterocycles. The summed E-state index contributed by atoms with van der Waals surface area (Å²) in [6.07, 6.45) is 1.93. The minimum Gasteiger partial charge on any atom is -0.317 e. The fourth-order valence-corrected chi connectivity index (χ4v) is 2.66. The Kier molecular flexibility index (Phi) is 3.85. The average Bonchev–Trinajstić information content (AvgIpc) is 2.90. The summed E-state index contributed by atoms with van der Waals surface area (Å²) in [5, 5.41) is 0. The molecule has 0 atom stereocenters. The fourth-order valence-electron chi connectivity index (χ4n) is 2.66. The van der Waals surface area contributed by atoms with E-state index in [9.17, 15) is 4.39 Å². The molecule has 20 heavy (non-hydrogen) atoms. The maximum absolute atomic E-state index is 13.9. The summed E-state index contributed by atoms with van der Waals surface area (Å²) in [6.45, 7) is 5.20. The molecule has 2 aromatic rings. The average molecular weight is 273 g/mol. The summed E-state index contributed by atoms with van der Waals surface area (Å²) >= 11 is 0. The fraction of sp³-hybridized carbons (Fsp3) is 0.375. The molecule has 0 radical (unpaired) electrons. The van der Waals surface area contributed by atoms with Crippen LogP contribution in [0, 0.1) is 5.82 Å². The number of hydrogen-bond acceptors (Lipinski definition) is 2. The Bertz CT molecular complexity index is 571. The third kappa shape index (κ3) is 2.76. The lowest BCUT2D eigenvalue weighted by molar-refractivity contribution is 0.146. The highest BCUT2D eigenvalue weighted by Gasteiger charge is 2.16. The van der Waals surface area contributed by atoms with Gasteiger partial charge in [0.2, 0.25) is 0 Å². The summed E-state index contributed by atoms with van der Waals surface area (Å²) in [7, 11) is 2.15.